The Balaban J connectivity index is 2.23. The van der Waals surface area contributed by atoms with E-state index in [2.05, 4.69) is 20.8 Å². The molecule has 0 saturated heterocycles. The Kier molecular flexibility index (Phi) is 2.90. The van der Waals surface area contributed by atoms with Crippen molar-refractivity contribution in [1.29, 1.82) is 0 Å². The Morgan fingerprint density at radius 1 is 1.38 bits per heavy atom. The van der Waals surface area contributed by atoms with E-state index in [4.69, 9.17) is 0 Å². The molecule has 0 bridgehead atoms. The third kappa shape index (κ3) is 2.22. The minimum Gasteiger partial charge on any atom is -0.349 e. The van der Waals surface area contributed by atoms with Gasteiger partial charge in [-0.15, -0.1) is 5.10 Å². The molecule has 82 valence electrons. The van der Waals surface area contributed by atoms with Gasteiger partial charge in [0.2, 0.25) is 5.91 Å². The maximum Gasteiger partial charge on any atom is 0.217 e. The first-order valence-electron chi connectivity index (χ1n) is 4.84. The van der Waals surface area contributed by atoms with Crippen LogP contribution in [0.3, 0.4) is 0 Å². The van der Waals surface area contributed by atoms with Gasteiger partial charge in [-0.1, -0.05) is 18.2 Å². The van der Waals surface area contributed by atoms with Crippen LogP contribution < -0.4 is 5.32 Å². The summed E-state index contributed by atoms with van der Waals surface area (Å²) in [5, 5.41) is 14.0. The fourth-order valence-corrected chi connectivity index (χ4v) is 1.29. The van der Waals surface area contributed by atoms with Gasteiger partial charge in [-0.3, -0.25) is 4.79 Å². The van der Waals surface area contributed by atoms with Crippen LogP contribution in [0.4, 0.5) is 0 Å². The smallest absolute Gasteiger partial charge is 0.217 e. The van der Waals surface area contributed by atoms with Gasteiger partial charge in [0.15, 0.2) is 5.82 Å². The summed E-state index contributed by atoms with van der Waals surface area (Å²) in [6.07, 6.45) is 0. The predicted octanol–water partition coefficient (Wildman–Crippen LogP) is 0.298. The summed E-state index contributed by atoms with van der Waals surface area (Å²) in [4.78, 5) is 10.8. The van der Waals surface area contributed by atoms with Crippen molar-refractivity contribution in [2.45, 2.75) is 13.5 Å². The summed E-state index contributed by atoms with van der Waals surface area (Å²) in [5.74, 6) is 0.490. The Bertz CT molecular complexity index is 479. The minimum atomic E-state index is -0.109. The third-order valence-electron chi connectivity index (χ3n) is 2.03. The number of carbonyl (C=O) groups excluding carboxylic acids is 1. The van der Waals surface area contributed by atoms with E-state index < -0.39 is 0 Å². The second kappa shape index (κ2) is 4.52. The quantitative estimate of drug-likeness (QED) is 0.802. The molecule has 0 unspecified atom stereocenters. The van der Waals surface area contributed by atoms with Gasteiger partial charge in [0, 0.05) is 6.92 Å². The molecule has 1 heterocycles. The highest BCUT2D eigenvalue weighted by Crippen LogP contribution is 2.06. The molecule has 2 aromatic rings. The minimum absolute atomic E-state index is 0.109. The monoisotopic (exact) mass is 217 g/mol. The van der Waals surface area contributed by atoms with E-state index in [1.54, 1.807) is 4.68 Å². The van der Waals surface area contributed by atoms with Crippen molar-refractivity contribution in [3.05, 3.63) is 36.2 Å². The lowest BCUT2D eigenvalue weighted by molar-refractivity contribution is -0.119. The molecule has 0 saturated carbocycles. The van der Waals surface area contributed by atoms with Gasteiger partial charge in [-0.2, -0.15) is 4.68 Å². The number of nitrogens with zero attached hydrogens (tertiary/aromatic N) is 4. The number of para-hydroxylation sites is 1. The number of hydrogen-bond acceptors (Lipinski definition) is 4. The summed E-state index contributed by atoms with van der Waals surface area (Å²) in [6.45, 7) is 1.77. The SMILES string of the molecule is CC(=O)NCc1nnnn1-c1ccccc1. The average Bonchev–Trinajstić information content (AvgIpc) is 2.75. The number of nitrogens with one attached hydrogen (secondary N) is 1. The van der Waals surface area contributed by atoms with E-state index in [1.807, 2.05) is 30.3 Å². The molecule has 0 aliphatic carbocycles. The van der Waals surface area contributed by atoms with Gasteiger partial charge in [-0.05, 0) is 22.6 Å². The molecule has 0 aliphatic rings. The van der Waals surface area contributed by atoms with Crippen molar-refractivity contribution in [2.75, 3.05) is 0 Å². The van der Waals surface area contributed by atoms with Crippen molar-refractivity contribution in [3.63, 3.8) is 0 Å². The van der Waals surface area contributed by atoms with E-state index in [0.717, 1.165) is 5.69 Å². The van der Waals surface area contributed by atoms with Gasteiger partial charge < -0.3 is 5.32 Å². The third-order valence-corrected chi connectivity index (χ3v) is 2.03. The summed E-state index contributed by atoms with van der Waals surface area (Å²) >= 11 is 0. The molecule has 1 amide bonds. The summed E-state index contributed by atoms with van der Waals surface area (Å²) in [5.41, 5.74) is 0.868. The summed E-state index contributed by atoms with van der Waals surface area (Å²) < 4.78 is 1.59. The summed E-state index contributed by atoms with van der Waals surface area (Å²) in [6, 6.07) is 9.51. The molecule has 0 atom stereocenters. The lowest BCUT2D eigenvalue weighted by atomic mass is 10.3. The highest BCUT2D eigenvalue weighted by molar-refractivity contribution is 5.72. The first-order chi connectivity index (χ1) is 7.77. The standard InChI is InChI=1S/C10H11N5O/c1-8(16)11-7-10-12-13-14-15(10)9-5-3-2-4-6-9/h2-6H,7H2,1H3,(H,11,16). The van der Waals surface area contributed by atoms with E-state index in [9.17, 15) is 4.79 Å². The zero-order chi connectivity index (χ0) is 11.4. The Hall–Kier alpha value is -2.24. The van der Waals surface area contributed by atoms with Crippen molar-refractivity contribution >= 4 is 5.91 Å². The molecule has 0 fully saturated rings. The molecule has 2 rings (SSSR count). The van der Waals surface area contributed by atoms with Gasteiger partial charge in [0.05, 0.1) is 12.2 Å². The molecule has 16 heavy (non-hydrogen) atoms. The van der Waals surface area contributed by atoms with Crippen molar-refractivity contribution in [3.8, 4) is 5.69 Å². The van der Waals surface area contributed by atoms with E-state index >= 15 is 0 Å². The fourth-order valence-electron chi connectivity index (χ4n) is 1.29. The number of tetrazole rings is 1. The Labute approximate surface area is 92.3 Å². The fraction of sp³-hybridized carbons (Fsp3) is 0.200. The van der Waals surface area contributed by atoms with Crippen LogP contribution in [0.15, 0.2) is 30.3 Å². The lowest BCUT2D eigenvalue weighted by Gasteiger charge is -2.04. The number of hydrogen-bond donors (Lipinski definition) is 1. The molecule has 0 radical (unpaired) electrons. The average molecular weight is 217 g/mol. The van der Waals surface area contributed by atoms with E-state index in [1.165, 1.54) is 6.92 Å². The molecular weight excluding hydrogens is 206 g/mol. The normalized spacial score (nSPS) is 10.1. The highest BCUT2D eigenvalue weighted by Gasteiger charge is 2.07. The zero-order valence-corrected chi connectivity index (χ0v) is 8.79. The predicted molar refractivity (Wildman–Crippen MR) is 56.7 cm³/mol. The van der Waals surface area contributed by atoms with Crippen molar-refractivity contribution in [2.24, 2.45) is 0 Å². The van der Waals surface area contributed by atoms with E-state index in [0.29, 0.717) is 12.4 Å². The molecule has 6 heteroatoms. The first-order valence-corrected chi connectivity index (χ1v) is 4.84. The maximum atomic E-state index is 10.8. The zero-order valence-electron chi connectivity index (χ0n) is 8.79. The van der Waals surface area contributed by atoms with Crippen LogP contribution in [0.5, 0.6) is 0 Å². The number of carbonyl (C=O) groups is 1. The number of rotatable bonds is 3. The molecular formula is C10H11N5O. The summed E-state index contributed by atoms with van der Waals surface area (Å²) in [7, 11) is 0. The van der Waals surface area contributed by atoms with Crippen LogP contribution in [0, 0.1) is 0 Å². The molecule has 1 aromatic carbocycles. The van der Waals surface area contributed by atoms with Gasteiger partial charge in [-0.25, -0.2) is 0 Å². The number of benzene rings is 1. The second-order valence-electron chi connectivity index (χ2n) is 3.25. The van der Waals surface area contributed by atoms with Crippen LogP contribution in [-0.4, -0.2) is 26.1 Å². The Morgan fingerprint density at radius 2 is 2.12 bits per heavy atom. The van der Waals surface area contributed by atoms with Crippen LogP contribution in [0.2, 0.25) is 0 Å². The molecule has 0 aliphatic heterocycles. The first kappa shape index (κ1) is 10.3. The molecule has 0 spiro atoms. The molecule has 1 N–H and O–H groups in total. The van der Waals surface area contributed by atoms with Crippen LogP contribution >= 0.6 is 0 Å². The van der Waals surface area contributed by atoms with Crippen LogP contribution in [-0.2, 0) is 11.3 Å². The number of aromatic nitrogens is 4. The topological polar surface area (TPSA) is 72.7 Å². The lowest BCUT2D eigenvalue weighted by Crippen LogP contribution is -2.21. The largest absolute Gasteiger partial charge is 0.349 e. The van der Waals surface area contributed by atoms with Crippen molar-refractivity contribution in [1.82, 2.24) is 25.5 Å². The highest BCUT2D eigenvalue weighted by atomic mass is 16.1. The van der Waals surface area contributed by atoms with Gasteiger partial charge >= 0.3 is 0 Å². The van der Waals surface area contributed by atoms with E-state index in [-0.39, 0.29) is 5.91 Å². The molecule has 1 aromatic heterocycles. The molecule has 6 nitrogen and oxygen atoms in total. The Morgan fingerprint density at radius 3 is 2.81 bits per heavy atom. The van der Waals surface area contributed by atoms with Gasteiger partial charge in [0.25, 0.3) is 0 Å². The van der Waals surface area contributed by atoms with Crippen LogP contribution in [0.25, 0.3) is 5.69 Å². The second-order valence-corrected chi connectivity index (χ2v) is 3.25. The van der Waals surface area contributed by atoms with Crippen LogP contribution in [0.1, 0.15) is 12.7 Å². The van der Waals surface area contributed by atoms with Crippen molar-refractivity contribution < 1.29 is 4.79 Å². The number of amides is 1. The maximum absolute atomic E-state index is 10.8. The van der Waals surface area contributed by atoms with Gasteiger partial charge in [0.1, 0.15) is 0 Å².